The third-order valence-electron chi connectivity index (χ3n) is 11.9. The summed E-state index contributed by atoms with van der Waals surface area (Å²) in [5.74, 6) is -0.951. The second-order valence-corrected chi connectivity index (χ2v) is 26.4. The van der Waals surface area contributed by atoms with Crippen LogP contribution in [0.4, 0.5) is 10.3 Å². The van der Waals surface area contributed by atoms with E-state index in [9.17, 15) is 34.2 Å². The van der Waals surface area contributed by atoms with Crippen LogP contribution in [0.25, 0.3) is 28.1 Å². The maximum Gasteiger partial charge on any atom is 0.695 e. The molecule has 0 aromatic carbocycles. The van der Waals surface area contributed by atoms with Crippen molar-refractivity contribution in [2.24, 2.45) is 5.92 Å². The van der Waals surface area contributed by atoms with E-state index in [2.05, 4.69) is 76.8 Å². The number of anilines is 1. The molecule has 2 aliphatic heterocycles. The molecule has 2 fully saturated rings. The molecule has 29 heteroatoms. The van der Waals surface area contributed by atoms with Crippen LogP contribution in [-0.4, -0.2) is 124 Å². The first-order valence-electron chi connectivity index (χ1n) is 21.5. The van der Waals surface area contributed by atoms with E-state index in [-0.39, 0.29) is 63.7 Å². The number of nitrogens with zero attached hydrogens (tertiary/aromatic N) is 8. The van der Waals surface area contributed by atoms with Crippen molar-refractivity contribution < 1.29 is 55.7 Å². The van der Waals surface area contributed by atoms with Gasteiger partial charge in [-0.15, -0.1) is 9.42 Å². The summed E-state index contributed by atoms with van der Waals surface area (Å²) < 4.78 is 77.8. The van der Waals surface area contributed by atoms with Gasteiger partial charge in [-0.1, -0.05) is 55.4 Å². The number of carbonyl (C=O) groups excluding carboxylic acids is 1. The average Bonchev–Trinajstić information content (AvgIpc) is 4.10. The normalized spacial score (nSPS) is 24.8. The lowest BCUT2D eigenvalue weighted by Gasteiger charge is -2.45. The number of hydrogen-bond acceptors (Lipinski definition) is 18. The Morgan fingerprint density at radius 1 is 0.985 bits per heavy atom. The van der Waals surface area contributed by atoms with Gasteiger partial charge < -0.3 is 28.1 Å². The number of rotatable bonds is 20. The van der Waals surface area contributed by atoms with Crippen molar-refractivity contribution in [1.82, 2.24) is 43.4 Å². The van der Waals surface area contributed by atoms with Gasteiger partial charge in [-0.2, -0.15) is 10.2 Å². The second kappa shape index (κ2) is 20.4. The summed E-state index contributed by atoms with van der Waals surface area (Å²) in [6.45, 7) is 9.56. The zero-order chi connectivity index (χ0) is 48.7. The van der Waals surface area contributed by atoms with E-state index in [4.69, 9.17) is 43.8 Å². The number of halogens is 1. The van der Waals surface area contributed by atoms with Gasteiger partial charge in [0.2, 0.25) is 26.0 Å². The largest absolute Gasteiger partial charge is 0.695 e. The Bertz CT molecular complexity index is 2810. The van der Waals surface area contributed by atoms with Crippen LogP contribution in [0.3, 0.4) is 0 Å². The molecule has 67 heavy (non-hydrogen) atoms. The Kier molecular flexibility index (Phi) is 15.4. The first-order valence-corrected chi connectivity index (χ1v) is 27.3. The lowest BCUT2D eigenvalue weighted by molar-refractivity contribution is -0.118. The van der Waals surface area contributed by atoms with Crippen molar-refractivity contribution in [3.63, 3.8) is 0 Å². The number of aromatic nitrogens is 9. The highest BCUT2D eigenvalue weighted by Crippen LogP contribution is 2.56. The van der Waals surface area contributed by atoms with E-state index in [1.807, 2.05) is 6.07 Å². The predicted molar refractivity (Wildman–Crippen MR) is 242 cm³/mol. The van der Waals surface area contributed by atoms with Gasteiger partial charge in [-0.3, -0.25) is 47.7 Å². The van der Waals surface area contributed by atoms with Crippen molar-refractivity contribution >= 4 is 75.1 Å². The van der Waals surface area contributed by atoms with E-state index < -0.39 is 109 Å². The zero-order valence-corrected chi connectivity index (χ0v) is 41.3. The summed E-state index contributed by atoms with van der Waals surface area (Å²) in [5.41, 5.74) is -1.30. The van der Waals surface area contributed by atoms with Crippen molar-refractivity contribution in [1.29, 1.82) is 5.26 Å². The van der Waals surface area contributed by atoms with Crippen molar-refractivity contribution in [3.8, 4) is 6.07 Å². The van der Waals surface area contributed by atoms with Gasteiger partial charge in [0.1, 0.15) is 24.4 Å². The molecule has 7 rings (SSSR count). The van der Waals surface area contributed by atoms with Gasteiger partial charge in [0.15, 0.2) is 47.1 Å². The molecular formula is C38H53FN11O13P2SSi+. The molecular weight excluding hydrogens is 960 g/mol. The number of fused-ring (bicyclic) bond motifs is 4. The molecule has 5 N–H and O–H groups in total. The Morgan fingerprint density at radius 2 is 1.63 bits per heavy atom. The number of aliphatic hydroxyl groups is 1. The highest BCUT2D eigenvalue weighted by molar-refractivity contribution is 8.07. The SMILES string of the molecule is CC(C)C(=O)Nc1nc2c(ncn2[C@@H]2O[C@H](CO)[C@@H](F)[C@H]2OP(=S)(OCCC#N)OC[C@H]2O[C@@H](n3cnc4c(=O)[nH]c5nccn5c43)[C@H](O[Si](C(C)C)(C(C)C)C(C)C)[C@@H]2O[P+](=O)O)c(=O)[nH]1. The van der Waals surface area contributed by atoms with Gasteiger partial charge in [0.25, 0.3) is 11.1 Å². The van der Waals surface area contributed by atoms with Crippen molar-refractivity contribution in [2.45, 2.75) is 128 Å². The van der Waals surface area contributed by atoms with Crippen LogP contribution in [0.1, 0.15) is 74.3 Å². The lowest BCUT2D eigenvalue weighted by atomic mass is 10.1. The number of H-pyrrole nitrogens is 2. The van der Waals surface area contributed by atoms with E-state index in [1.54, 1.807) is 29.0 Å². The minimum atomic E-state index is -4.27. The molecule has 2 saturated heterocycles. The third-order valence-corrected chi connectivity index (χ3v) is 20.8. The summed E-state index contributed by atoms with van der Waals surface area (Å²) in [5, 5.41) is 22.1. The number of nitriles is 1. The fourth-order valence-electron chi connectivity index (χ4n) is 8.96. The summed E-state index contributed by atoms with van der Waals surface area (Å²) in [7, 11) is -6.24. The Labute approximate surface area is 388 Å². The van der Waals surface area contributed by atoms with Crippen molar-refractivity contribution in [3.05, 3.63) is 45.8 Å². The molecule has 364 valence electrons. The molecule has 10 atom stereocenters. The number of alkyl halides is 1. The Morgan fingerprint density at radius 3 is 2.27 bits per heavy atom. The maximum atomic E-state index is 16.5. The van der Waals surface area contributed by atoms with Crippen LogP contribution in [0.15, 0.2) is 34.6 Å². The molecule has 5 aromatic heterocycles. The van der Waals surface area contributed by atoms with Crippen LogP contribution < -0.4 is 16.4 Å². The van der Waals surface area contributed by atoms with Crippen LogP contribution in [-0.2, 0) is 53.2 Å². The third kappa shape index (κ3) is 9.83. The second-order valence-electron chi connectivity index (χ2n) is 17.3. The monoisotopic (exact) mass is 1010 g/mol. The zero-order valence-electron chi connectivity index (χ0n) is 37.7. The first kappa shape index (κ1) is 50.6. The number of amides is 1. The highest BCUT2D eigenvalue weighted by Gasteiger charge is 2.58. The number of hydrogen-bond donors (Lipinski definition) is 5. The van der Waals surface area contributed by atoms with Crippen molar-refractivity contribution in [2.75, 3.05) is 25.1 Å². The van der Waals surface area contributed by atoms with Gasteiger partial charge in [0, 0.05) is 22.9 Å². The van der Waals surface area contributed by atoms with E-state index >= 15 is 4.39 Å². The smallest absolute Gasteiger partial charge is 0.406 e. The van der Waals surface area contributed by atoms with Gasteiger partial charge in [-0.05, 0) is 28.4 Å². The van der Waals surface area contributed by atoms with E-state index in [0.29, 0.717) is 0 Å². The number of imidazole rings is 3. The summed E-state index contributed by atoms with van der Waals surface area (Å²) >= 11 is 5.90. The predicted octanol–water partition coefficient (Wildman–Crippen LogP) is 4.38. The molecule has 0 aliphatic carbocycles. The molecule has 0 spiro atoms. The van der Waals surface area contributed by atoms with Crippen LogP contribution >= 0.6 is 15.0 Å². The lowest BCUT2D eigenvalue weighted by Crippen LogP contribution is -2.53. The molecule has 0 saturated carbocycles. The van der Waals surface area contributed by atoms with Crippen LogP contribution in [0, 0.1) is 17.2 Å². The number of aliphatic hydroxyl groups excluding tert-OH is 1. The standard InChI is InChI=1S/C38H52FN11O13P2SSi/c1-18(2)31(52)45-37-44-30-25(32(53)46-37)42-16-49(30)35-28(24(39)22(14-51)59-35)62-65(66,57-13-9-10-40)58-15-23-27(61-64(55)56)29(63-67(19(3)4,20(5)6)21(7)8)36(60-23)50-17-43-26-33(54)47-38-41-11-12-48(38)34(26)50/h11-12,16-24,27-29,35-36,51H,9,13-15H2,1-8H3,(H3-,41,44,45,46,47,52,53,54,55,56)/p+1/t22-,23-,24-,27-,28-,29-,35-,36-,65?/m1/s1. The fourth-order valence-corrected chi connectivity index (χ4v) is 17.0. The molecule has 2 unspecified atom stereocenters. The van der Waals surface area contributed by atoms with Crippen LogP contribution in [0.5, 0.6) is 0 Å². The molecule has 0 radical (unpaired) electrons. The number of carbonyl (C=O) groups is 1. The molecule has 2 aliphatic rings. The Balaban J connectivity index is 1.28. The van der Waals surface area contributed by atoms with Gasteiger partial charge >= 0.3 is 15.0 Å². The Hall–Kier alpha value is -4.26. The topological polar surface area (TPSA) is 307 Å². The number of aromatic amines is 2. The van der Waals surface area contributed by atoms with Gasteiger partial charge in [-0.25, -0.2) is 19.3 Å². The molecule has 5 aromatic rings. The molecule has 0 bridgehead atoms. The van der Waals surface area contributed by atoms with E-state index in [1.165, 1.54) is 17.1 Å². The average molecular weight is 1010 g/mol. The highest BCUT2D eigenvalue weighted by atomic mass is 32.5. The minimum absolute atomic E-state index is 0.00685. The molecule has 1 amide bonds. The quantitative estimate of drug-likeness (QED) is 0.0410. The molecule has 7 heterocycles. The maximum absolute atomic E-state index is 16.5. The van der Waals surface area contributed by atoms with E-state index in [0.717, 1.165) is 6.33 Å². The molecule has 24 nitrogen and oxygen atoms in total. The minimum Gasteiger partial charge on any atom is -0.406 e. The summed E-state index contributed by atoms with van der Waals surface area (Å²) in [4.78, 5) is 71.4. The summed E-state index contributed by atoms with van der Waals surface area (Å²) in [6, 6.07) is 1.94. The van der Waals surface area contributed by atoms with Crippen LogP contribution in [0.2, 0.25) is 16.6 Å². The van der Waals surface area contributed by atoms with Gasteiger partial charge in [0.05, 0.1) is 45.0 Å². The number of nitrogens with one attached hydrogen (secondary N) is 3. The number of ether oxygens (including phenoxy) is 2. The summed E-state index contributed by atoms with van der Waals surface area (Å²) in [6.07, 6.45) is -6.49. The fraction of sp³-hybridized carbons (Fsp3) is 0.632. The first-order chi connectivity index (χ1) is 31.7.